The Morgan fingerprint density at radius 3 is 2.62 bits per heavy atom. The number of anilines is 1. The van der Waals surface area contributed by atoms with Gasteiger partial charge in [-0.3, -0.25) is 0 Å². The fourth-order valence-corrected chi connectivity index (χ4v) is 2.87. The van der Waals surface area contributed by atoms with Crippen LogP contribution in [0.1, 0.15) is 18.5 Å². The molecule has 1 aromatic heterocycles. The fourth-order valence-electron chi connectivity index (χ4n) is 2.30. The molecule has 0 saturated heterocycles. The summed E-state index contributed by atoms with van der Waals surface area (Å²) in [5.74, 6) is 0.826. The molecule has 1 atom stereocenters. The summed E-state index contributed by atoms with van der Waals surface area (Å²) in [7, 11) is 0. The van der Waals surface area contributed by atoms with Crippen molar-refractivity contribution in [3.05, 3.63) is 70.2 Å². The third-order valence-corrected chi connectivity index (χ3v) is 3.95. The number of para-hydroxylation sites is 1. The average Bonchev–Trinajstić information content (AvgIpc) is 2.47. The summed E-state index contributed by atoms with van der Waals surface area (Å²) in [4.78, 5) is 4.61. The van der Waals surface area contributed by atoms with Crippen LogP contribution < -0.4 is 5.32 Å². The summed E-state index contributed by atoms with van der Waals surface area (Å²) in [6, 6.07) is 17.6. The Kier molecular flexibility index (Phi) is 4.00. The molecular formula is C17H14Cl2N2. The van der Waals surface area contributed by atoms with Gasteiger partial charge in [0, 0.05) is 15.4 Å². The van der Waals surface area contributed by atoms with Crippen LogP contribution in [0.2, 0.25) is 10.0 Å². The lowest BCUT2D eigenvalue weighted by atomic mass is 10.1. The van der Waals surface area contributed by atoms with Gasteiger partial charge in [-0.15, -0.1) is 0 Å². The normalized spacial score (nSPS) is 12.3. The highest BCUT2D eigenvalue weighted by Gasteiger charge is 2.10. The minimum atomic E-state index is 0.0448. The van der Waals surface area contributed by atoms with Crippen molar-refractivity contribution in [3.63, 3.8) is 0 Å². The van der Waals surface area contributed by atoms with Gasteiger partial charge in [-0.05, 0) is 42.8 Å². The molecule has 4 heteroatoms. The molecule has 2 aromatic carbocycles. The SMILES string of the molecule is CC(Nc1ccc2ccccc2n1)c1ccc(Cl)cc1Cl. The molecule has 21 heavy (non-hydrogen) atoms. The van der Waals surface area contributed by atoms with E-state index < -0.39 is 0 Å². The van der Waals surface area contributed by atoms with Gasteiger partial charge in [0.15, 0.2) is 0 Å². The minimum Gasteiger partial charge on any atom is -0.363 e. The van der Waals surface area contributed by atoms with Crippen LogP contribution in [0.5, 0.6) is 0 Å². The molecule has 3 rings (SSSR count). The van der Waals surface area contributed by atoms with E-state index in [1.54, 1.807) is 6.07 Å². The third-order valence-electron chi connectivity index (χ3n) is 3.39. The number of nitrogens with one attached hydrogen (secondary N) is 1. The van der Waals surface area contributed by atoms with E-state index in [1.807, 2.05) is 49.4 Å². The monoisotopic (exact) mass is 316 g/mol. The second kappa shape index (κ2) is 5.92. The Balaban J connectivity index is 1.87. The smallest absolute Gasteiger partial charge is 0.127 e. The van der Waals surface area contributed by atoms with Gasteiger partial charge in [0.2, 0.25) is 0 Å². The maximum atomic E-state index is 6.24. The Morgan fingerprint density at radius 2 is 1.81 bits per heavy atom. The average molecular weight is 317 g/mol. The Hall–Kier alpha value is -1.77. The molecule has 3 aromatic rings. The fraction of sp³-hybridized carbons (Fsp3) is 0.118. The zero-order valence-electron chi connectivity index (χ0n) is 11.5. The molecule has 1 unspecified atom stereocenters. The van der Waals surface area contributed by atoms with Crippen LogP contribution in [0.25, 0.3) is 10.9 Å². The topological polar surface area (TPSA) is 24.9 Å². The van der Waals surface area contributed by atoms with Crippen LogP contribution in [0.4, 0.5) is 5.82 Å². The lowest BCUT2D eigenvalue weighted by Gasteiger charge is -2.16. The van der Waals surface area contributed by atoms with Gasteiger partial charge < -0.3 is 5.32 Å². The summed E-state index contributed by atoms with van der Waals surface area (Å²) in [5, 5.41) is 5.79. The molecule has 0 saturated carbocycles. The minimum absolute atomic E-state index is 0.0448. The van der Waals surface area contributed by atoms with E-state index in [9.17, 15) is 0 Å². The number of pyridine rings is 1. The van der Waals surface area contributed by atoms with Gasteiger partial charge in [-0.25, -0.2) is 4.98 Å². The van der Waals surface area contributed by atoms with Crippen molar-refractivity contribution in [2.75, 3.05) is 5.32 Å². The van der Waals surface area contributed by atoms with Crippen LogP contribution in [0.15, 0.2) is 54.6 Å². The summed E-state index contributed by atoms with van der Waals surface area (Å²) >= 11 is 12.2. The molecule has 0 spiro atoms. The molecule has 2 nitrogen and oxygen atoms in total. The Morgan fingerprint density at radius 1 is 1.00 bits per heavy atom. The van der Waals surface area contributed by atoms with E-state index in [4.69, 9.17) is 23.2 Å². The Labute approximate surface area is 133 Å². The molecule has 0 bridgehead atoms. The van der Waals surface area contributed by atoms with Crippen LogP contribution in [0.3, 0.4) is 0 Å². The first-order valence-corrected chi connectivity index (χ1v) is 7.46. The summed E-state index contributed by atoms with van der Waals surface area (Å²) in [6.07, 6.45) is 0. The first-order valence-electron chi connectivity index (χ1n) is 6.71. The highest BCUT2D eigenvalue weighted by atomic mass is 35.5. The molecule has 1 heterocycles. The number of halogens is 2. The van der Waals surface area contributed by atoms with E-state index >= 15 is 0 Å². The van der Waals surface area contributed by atoms with Gasteiger partial charge in [-0.1, -0.05) is 47.5 Å². The number of hydrogen-bond donors (Lipinski definition) is 1. The maximum Gasteiger partial charge on any atom is 0.127 e. The van der Waals surface area contributed by atoms with Gasteiger partial charge >= 0.3 is 0 Å². The molecule has 0 aliphatic heterocycles. The van der Waals surface area contributed by atoms with Crippen molar-refractivity contribution < 1.29 is 0 Å². The summed E-state index contributed by atoms with van der Waals surface area (Å²) in [6.45, 7) is 2.05. The second-order valence-corrected chi connectivity index (χ2v) is 5.76. The number of rotatable bonds is 3. The molecule has 0 aliphatic rings. The summed E-state index contributed by atoms with van der Waals surface area (Å²) in [5.41, 5.74) is 1.97. The van der Waals surface area contributed by atoms with Crippen LogP contribution in [-0.4, -0.2) is 4.98 Å². The van der Waals surface area contributed by atoms with Crippen LogP contribution >= 0.6 is 23.2 Å². The van der Waals surface area contributed by atoms with Gasteiger partial charge in [0.1, 0.15) is 5.82 Å². The van der Waals surface area contributed by atoms with Gasteiger partial charge in [0.05, 0.1) is 11.6 Å². The van der Waals surface area contributed by atoms with Crippen molar-refractivity contribution in [3.8, 4) is 0 Å². The van der Waals surface area contributed by atoms with E-state index in [0.29, 0.717) is 10.0 Å². The van der Waals surface area contributed by atoms with Crippen molar-refractivity contribution >= 4 is 39.9 Å². The van der Waals surface area contributed by atoms with Gasteiger partial charge in [0.25, 0.3) is 0 Å². The van der Waals surface area contributed by atoms with Gasteiger partial charge in [-0.2, -0.15) is 0 Å². The molecular weight excluding hydrogens is 303 g/mol. The number of aromatic nitrogens is 1. The largest absolute Gasteiger partial charge is 0.363 e. The molecule has 106 valence electrons. The highest BCUT2D eigenvalue weighted by molar-refractivity contribution is 6.35. The first-order chi connectivity index (χ1) is 10.1. The molecule has 0 amide bonds. The predicted octanol–water partition coefficient (Wildman–Crippen LogP) is 5.71. The Bertz CT molecular complexity index is 787. The second-order valence-electron chi connectivity index (χ2n) is 4.92. The zero-order chi connectivity index (χ0) is 14.8. The first kappa shape index (κ1) is 14.2. The van der Waals surface area contributed by atoms with E-state index in [2.05, 4.69) is 16.4 Å². The maximum absolute atomic E-state index is 6.24. The molecule has 0 aliphatic carbocycles. The van der Waals surface area contributed by atoms with Crippen molar-refractivity contribution in [1.29, 1.82) is 0 Å². The van der Waals surface area contributed by atoms with Crippen LogP contribution in [-0.2, 0) is 0 Å². The van der Waals surface area contributed by atoms with E-state index in [1.165, 1.54) is 0 Å². The van der Waals surface area contributed by atoms with Crippen molar-refractivity contribution in [2.45, 2.75) is 13.0 Å². The molecule has 1 N–H and O–H groups in total. The molecule has 0 radical (unpaired) electrons. The number of nitrogens with zero attached hydrogens (tertiary/aromatic N) is 1. The standard InChI is InChI=1S/C17H14Cl2N2/c1-11(14-8-7-13(18)10-15(14)19)20-17-9-6-12-4-2-3-5-16(12)21-17/h2-11H,1H3,(H,20,21). The van der Waals surface area contributed by atoms with Crippen molar-refractivity contribution in [1.82, 2.24) is 4.98 Å². The third kappa shape index (κ3) is 3.12. The number of hydrogen-bond acceptors (Lipinski definition) is 2. The number of benzene rings is 2. The molecule has 0 fully saturated rings. The van der Waals surface area contributed by atoms with Crippen LogP contribution in [0, 0.1) is 0 Å². The van der Waals surface area contributed by atoms with E-state index in [0.717, 1.165) is 22.3 Å². The predicted molar refractivity (Wildman–Crippen MR) is 90.2 cm³/mol. The summed E-state index contributed by atoms with van der Waals surface area (Å²) < 4.78 is 0. The van der Waals surface area contributed by atoms with E-state index in [-0.39, 0.29) is 6.04 Å². The lowest BCUT2D eigenvalue weighted by molar-refractivity contribution is 0.877. The highest BCUT2D eigenvalue weighted by Crippen LogP contribution is 2.28. The quantitative estimate of drug-likeness (QED) is 0.669. The number of fused-ring (bicyclic) bond motifs is 1. The zero-order valence-corrected chi connectivity index (χ0v) is 13.0. The lowest BCUT2D eigenvalue weighted by Crippen LogP contribution is -2.08. The van der Waals surface area contributed by atoms with Crippen molar-refractivity contribution in [2.24, 2.45) is 0 Å².